The predicted molar refractivity (Wildman–Crippen MR) is 99.9 cm³/mol. The molecule has 0 aliphatic carbocycles. The number of carbonyl (C=O) groups is 1. The van der Waals surface area contributed by atoms with E-state index in [0.29, 0.717) is 19.6 Å². The molecule has 1 amide bonds. The minimum absolute atomic E-state index is 0.0413. The second-order valence-electron chi connectivity index (χ2n) is 5.36. The summed E-state index contributed by atoms with van der Waals surface area (Å²) in [4.78, 5) is 15.7. The van der Waals surface area contributed by atoms with Gasteiger partial charge in [-0.3, -0.25) is 9.69 Å². The lowest BCUT2D eigenvalue weighted by Gasteiger charge is -2.20. The second-order valence-corrected chi connectivity index (χ2v) is 7.31. The Morgan fingerprint density at radius 1 is 1.12 bits per heavy atom. The predicted octanol–water partition coefficient (Wildman–Crippen LogP) is 4.74. The van der Waals surface area contributed by atoms with Crippen LogP contribution in [0.15, 0.2) is 69.1 Å². The molecule has 6 heteroatoms. The molecule has 4 nitrogen and oxygen atoms in total. The van der Waals surface area contributed by atoms with Crippen molar-refractivity contribution in [3.8, 4) is 0 Å². The highest BCUT2D eigenvalue weighted by molar-refractivity contribution is 9.10. The smallest absolute Gasteiger partial charge is 0.238 e. The third-order valence-corrected chi connectivity index (χ3v) is 4.80. The van der Waals surface area contributed by atoms with Crippen LogP contribution in [0.1, 0.15) is 10.6 Å². The highest BCUT2D eigenvalue weighted by Crippen LogP contribution is 2.16. The van der Waals surface area contributed by atoms with Crippen molar-refractivity contribution in [3.05, 3.63) is 75.3 Å². The van der Waals surface area contributed by atoms with Crippen LogP contribution in [0.3, 0.4) is 0 Å². The van der Waals surface area contributed by atoms with E-state index in [1.54, 1.807) is 17.6 Å². The van der Waals surface area contributed by atoms with Gasteiger partial charge < -0.3 is 9.73 Å². The van der Waals surface area contributed by atoms with Gasteiger partial charge in [-0.25, -0.2) is 0 Å². The number of hydrogen-bond donors (Lipinski definition) is 1. The summed E-state index contributed by atoms with van der Waals surface area (Å²) in [7, 11) is 0. The van der Waals surface area contributed by atoms with Crippen LogP contribution in [0, 0.1) is 0 Å². The monoisotopic (exact) mass is 404 g/mol. The Morgan fingerprint density at radius 3 is 2.62 bits per heavy atom. The number of anilines is 1. The maximum Gasteiger partial charge on any atom is 0.238 e. The van der Waals surface area contributed by atoms with E-state index in [2.05, 4.69) is 32.2 Å². The van der Waals surface area contributed by atoms with Gasteiger partial charge in [0, 0.05) is 21.6 Å². The van der Waals surface area contributed by atoms with Crippen LogP contribution in [-0.2, 0) is 17.9 Å². The number of carbonyl (C=O) groups excluding carboxylic acids is 1. The quantitative estimate of drug-likeness (QED) is 0.618. The molecule has 3 rings (SSSR count). The zero-order chi connectivity index (χ0) is 16.8. The summed E-state index contributed by atoms with van der Waals surface area (Å²) >= 11 is 5.08. The summed E-state index contributed by atoms with van der Waals surface area (Å²) < 4.78 is 6.40. The van der Waals surface area contributed by atoms with E-state index < -0.39 is 0 Å². The number of nitrogens with one attached hydrogen (secondary N) is 1. The van der Waals surface area contributed by atoms with Gasteiger partial charge in [0.05, 0.1) is 19.4 Å². The first-order valence-corrected chi connectivity index (χ1v) is 9.19. The van der Waals surface area contributed by atoms with Gasteiger partial charge in [-0.15, -0.1) is 11.3 Å². The molecule has 0 aliphatic heterocycles. The maximum absolute atomic E-state index is 12.4. The topological polar surface area (TPSA) is 45.5 Å². The van der Waals surface area contributed by atoms with Crippen LogP contribution in [-0.4, -0.2) is 17.4 Å². The van der Waals surface area contributed by atoms with Crippen molar-refractivity contribution in [2.24, 2.45) is 0 Å². The second kappa shape index (κ2) is 8.28. The Kier molecular flexibility index (Phi) is 5.85. The summed E-state index contributed by atoms with van der Waals surface area (Å²) in [6.45, 7) is 1.61. The van der Waals surface area contributed by atoms with Gasteiger partial charge in [0.2, 0.25) is 5.91 Å². The first-order chi connectivity index (χ1) is 11.7. The van der Waals surface area contributed by atoms with Gasteiger partial charge in [0.1, 0.15) is 5.76 Å². The number of furan rings is 1. The molecule has 2 heterocycles. The minimum Gasteiger partial charge on any atom is -0.468 e. The molecule has 0 fully saturated rings. The molecule has 0 saturated carbocycles. The number of hydrogen-bond acceptors (Lipinski definition) is 4. The van der Waals surface area contributed by atoms with Crippen LogP contribution < -0.4 is 5.32 Å². The van der Waals surface area contributed by atoms with Crippen molar-refractivity contribution in [1.29, 1.82) is 0 Å². The van der Waals surface area contributed by atoms with Gasteiger partial charge in [0.25, 0.3) is 0 Å². The van der Waals surface area contributed by atoms with Gasteiger partial charge in [0.15, 0.2) is 0 Å². The molecule has 0 bridgehead atoms. The summed E-state index contributed by atoms with van der Waals surface area (Å²) in [6, 6.07) is 15.4. The number of amides is 1. The molecule has 0 aliphatic rings. The van der Waals surface area contributed by atoms with E-state index in [-0.39, 0.29) is 5.91 Å². The molecule has 0 radical (unpaired) electrons. The lowest BCUT2D eigenvalue weighted by molar-refractivity contribution is -0.117. The number of nitrogens with zero attached hydrogens (tertiary/aromatic N) is 1. The summed E-state index contributed by atoms with van der Waals surface area (Å²) in [6.07, 6.45) is 1.65. The fourth-order valence-corrected chi connectivity index (χ4v) is 3.36. The van der Waals surface area contributed by atoms with Crippen molar-refractivity contribution in [1.82, 2.24) is 4.90 Å². The molecule has 24 heavy (non-hydrogen) atoms. The standard InChI is InChI=1S/C18H17BrN2O2S/c19-14-5-7-15(8-6-14)20-18(22)13-21(11-16-3-1-9-23-16)12-17-4-2-10-24-17/h1-10H,11-13H2,(H,20,22). The number of halogens is 1. The first kappa shape index (κ1) is 17.0. The number of benzene rings is 1. The van der Waals surface area contributed by atoms with Gasteiger partial charge >= 0.3 is 0 Å². The average molecular weight is 405 g/mol. The van der Waals surface area contributed by atoms with Gasteiger partial charge in [-0.1, -0.05) is 22.0 Å². The minimum atomic E-state index is -0.0413. The largest absolute Gasteiger partial charge is 0.468 e. The van der Waals surface area contributed by atoms with E-state index >= 15 is 0 Å². The fourth-order valence-electron chi connectivity index (χ4n) is 2.35. The Morgan fingerprint density at radius 2 is 1.96 bits per heavy atom. The van der Waals surface area contributed by atoms with E-state index in [1.807, 2.05) is 47.8 Å². The number of rotatable bonds is 7. The first-order valence-electron chi connectivity index (χ1n) is 7.51. The SMILES string of the molecule is O=C(CN(Cc1ccco1)Cc1cccs1)Nc1ccc(Br)cc1. The van der Waals surface area contributed by atoms with Crippen molar-refractivity contribution in [3.63, 3.8) is 0 Å². The van der Waals surface area contributed by atoms with Gasteiger partial charge in [-0.2, -0.15) is 0 Å². The van der Waals surface area contributed by atoms with Gasteiger partial charge in [-0.05, 0) is 47.8 Å². The molecule has 0 unspecified atom stereocenters. The Bertz CT molecular complexity index is 719. The average Bonchev–Trinajstić information content (AvgIpc) is 3.23. The van der Waals surface area contributed by atoms with E-state index in [0.717, 1.165) is 15.9 Å². The molecule has 1 N–H and O–H groups in total. The van der Waals surface area contributed by atoms with Crippen LogP contribution in [0.5, 0.6) is 0 Å². The lowest BCUT2D eigenvalue weighted by atomic mass is 10.3. The van der Waals surface area contributed by atoms with Crippen LogP contribution >= 0.6 is 27.3 Å². The lowest BCUT2D eigenvalue weighted by Crippen LogP contribution is -2.32. The van der Waals surface area contributed by atoms with E-state index in [1.165, 1.54) is 4.88 Å². The Labute approximate surface area is 153 Å². The molecule has 0 saturated heterocycles. The van der Waals surface area contributed by atoms with Crippen LogP contribution in [0.4, 0.5) is 5.69 Å². The molecule has 3 aromatic rings. The van der Waals surface area contributed by atoms with Crippen molar-refractivity contribution < 1.29 is 9.21 Å². The molecular weight excluding hydrogens is 388 g/mol. The summed E-state index contributed by atoms with van der Waals surface area (Å²) in [5.74, 6) is 0.809. The normalized spacial score (nSPS) is 10.9. The zero-order valence-electron chi connectivity index (χ0n) is 12.9. The van der Waals surface area contributed by atoms with Crippen molar-refractivity contribution in [2.45, 2.75) is 13.1 Å². The van der Waals surface area contributed by atoms with Crippen molar-refractivity contribution >= 4 is 38.9 Å². The molecule has 124 valence electrons. The molecule has 2 aromatic heterocycles. The number of thiophene rings is 1. The fraction of sp³-hybridized carbons (Fsp3) is 0.167. The van der Waals surface area contributed by atoms with Crippen LogP contribution in [0.2, 0.25) is 0 Å². The van der Waals surface area contributed by atoms with Crippen molar-refractivity contribution in [2.75, 3.05) is 11.9 Å². The molecular formula is C18H17BrN2O2S. The third-order valence-electron chi connectivity index (χ3n) is 3.41. The van der Waals surface area contributed by atoms with E-state index in [4.69, 9.17) is 4.42 Å². The zero-order valence-corrected chi connectivity index (χ0v) is 15.3. The third kappa shape index (κ3) is 5.06. The summed E-state index contributed by atoms with van der Waals surface area (Å²) in [5, 5.41) is 4.97. The Balaban J connectivity index is 1.63. The van der Waals surface area contributed by atoms with E-state index in [9.17, 15) is 4.79 Å². The molecule has 0 spiro atoms. The van der Waals surface area contributed by atoms with Crippen LogP contribution in [0.25, 0.3) is 0 Å². The highest BCUT2D eigenvalue weighted by atomic mass is 79.9. The maximum atomic E-state index is 12.4. The molecule has 0 atom stereocenters. The Hall–Kier alpha value is -1.89. The highest BCUT2D eigenvalue weighted by Gasteiger charge is 2.14. The summed E-state index contributed by atoms with van der Waals surface area (Å²) in [5.41, 5.74) is 0.789. The molecule has 1 aromatic carbocycles.